The van der Waals surface area contributed by atoms with Crippen molar-refractivity contribution in [2.75, 3.05) is 25.2 Å². The highest BCUT2D eigenvalue weighted by atomic mass is 35.5. The number of halogens is 1. The zero-order valence-corrected chi connectivity index (χ0v) is 18.5. The van der Waals surface area contributed by atoms with Gasteiger partial charge in [-0.2, -0.15) is 0 Å². The van der Waals surface area contributed by atoms with Gasteiger partial charge in [0.25, 0.3) is 0 Å². The lowest BCUT2D eigenvalue weighted by molar-refractivity contribution is 0.113. The van der Waals surface area contributed by atoms with Crippen LogP contribution in [0, 0.1) is 0 Å². The van der Waals surface area contributed by atoms with Crippen LogP contribution in [0.4, 0.5) is 10.5 Å². The number of benzene rings is 1. The largest absolute Gasteiger partial charge is 0.494 e. The van der Waals surface area contributed by atoms with Crippen LogP contribution in [-0.4, -0.2) is 41.7 Å². The Kier molecular flexibility index (Phi) is 7.08. The van der Waals surface area contributed by atoms with Crippen LogP contribution in [0.1, 0.15) is 44.6 Å². The molecule has 162 valence electrons. The minimum absolute atomic E-state index is 0. The molecular formula is C23H30ClN3O3. The van der Waals surface area contributed by atoms with E-state index in [2.05, 4.69) is 22.0 Å². The van der Waals surface area contributed by atoms with Crippen molar-refractivity contribution in [3.8, 4) is 11.6 Å². The summed E-state index contributed by atoms with van der Waals surface area (Å²) in [6.45, 7) is 3.96. The highest BCUT2D eigenvalue weighted by Crippen LogP contribution is 2.42. The molecule has 1 aromatic carbocycles. The molecule has 1 saturated carbocycles. The predicted molar refractivity (Wildman–Crippen MR) is 120 cm³/mol. The fraction of sp³-hybridized carbons (Fsp3) is 0.478. The van der Waals surface area contributed by atoms with E-state index < -0.39 is 0 Å². The molecule has 2 aromatic rings. The van der Waals surface area contributed by atoms with Gasteiger partial charge in [-0.25, -0.2) is 9.78 Å². The monoisotopic (exact) mass is 431 g/mol. The molecule has 1 aliphatic carbocycles. The van der Waals surface area contributed by atoms with Gasteiger partial charge in [0, 0.05) is 12.6 Å². The molecule has 1 saturated heterocycles. The summed E-state index contributed by atoms with van der Waals surface area (Å²) in [5, 5.41) is 0. The molecule has 0 N–H and O–H groups in total. The van der Waals surface area contributed by atoms with Crippen molar-refractivity contribution < 1.29 is 14.3 Å². The van der Waals surface area contributed by atoms with Crippen molar-refractivity contribution in [1.29, 1.82) is 0 Å². The predicted octanol–water partition coefficient (Wildman–Crippen LogP) is 5.06. The van der Waals surface area contributed by atoms with Crippen molar-refractivity contribution in [2.45, 2.75) is 51.1 Å². The summed E-state index contributed by atoms with van der Waals surface area (Å²) in [7, 11) is 1.60. The number of urea groups is 1. The van der Waals surface area contributed by atoms with E-state index in [1.165, 1.54) is 19.3 Å². The van der Waals surface area contributed by atoms with Gasteiger partial charge in [-0.05, 0) is 43.5 Å². The normalized spacial score (nSPS) is 17.7. The number of pyridine rings is 1. The number of nitrogens with zero attached hydrogens (tertiary/aromatic N) is 3. The second-order valence-corrected chi connectivity index (χ2v) is 7.88. The molecule has 6 nitrogen and oxygen atoms in total. The Morgan fingerprint density at radius 2 is 1.80 bits per heavy atom. The Hall–Kier alpha value is -2.47. The summed E-state index contributed by atoms with van der Waals surface area (Å²) in [4.78, 5) is 21.7. The number of methoxy groups -OCH3 is 1. The van der Waals surface area contributed by atoms with Crippen LogP contribution < -0.4 is 14.4 Å². The van der Waals surface area contributed by atoms with Crippen molar-refractivity contribution >= 4 is 24.1 Å². The Labute approximate surface area is 184 Å². The smallest absolute Gasteiger partial charge is 0.325 e. The van der Waals surface area contributed by atoms with E-state index in [1.54, 1.807) is 13.3 Å². The van der Waals surface area contributed by atoms with Gasteiger partial charge in [-0.3, -0.25) is 4.90 Å². The molecular weight excluding hydrogens is 402 g/mol. The Morgan fingerprint density at radius 1 is 1.07 bits per heavy atom. The van der Waals surface area contributed by atoms with Crippen LogP contribution in [0.25, 0.3) is 0 Å². The number of amides is 2. The SMILES string of the molecule is CCOc1ccc(CN2C(=O)N(c3ccc(OC)nc3)CC23CCCCC3)cc1.Cl. The summed E-state index contributed by atoms with van der Waals surface area (Å²) in [5.41, 5.74) is 1.85. The summed E-state index contributed by atoms with van der Waals surface area (Å²) in [5.74, 6) is 1.42. The van der Waals surface area contributed by atoms with E-state index in [0.717, 1.165) is 36.4 Å². The third kappa shape index (κ3) is 4.33. The number of rotatable bonds is 6. The first-order valence-corrected chi connectivity index (χ1v) is 10.5. The van der Waals surface area contributed by atoms with Crippen molar-refractivity contribution in [3.63, 3.8) is 0 Å². The van der Waals surface area contributed by atoms with E-state index in [4.69, 9.17) is 9.47 Å². The van der Waals surface area contributed by atoms with E-state index in [1.807, 2.05) is 36.1 Å². The molecule has 1 aromatic heterocycles. The molecule has 0 unspecified atom stereocenters. The third-order valence-electron chi connectivity index (χ3n) is 6.09. The lowest BCUT2D eigenvalue weighted by Gasteiger charge is -2.40. The highest BCUT2D eigenvalue weighted by molar-refractivity contribution is 5.95. The van der Waals surface area contributed by atoms with Crippen molar-refractivity contribution in [3.05, 3.63) is 48.2 Å². The molecule has 0 bridgehead atoms. The molecule has 7 heteroatoms. The average Bonchev–Trinajstić information content (AvgIpc) is 3.02. The fourth-order valence-electron chi connectivity index (χ4n) is 4.56. The number of carbonyl (C=O) groups excluding carboxylic acids is 1. The fourth-order valence-corrected chi connectivity index (χ4v) is 4.56. The van der Waals surface area contributed by atoms with Crippen molar-refractivity contribution in [2.24, 2.45) is 0 Å². The maximum atomic E-state index is 13.5. The second-order valence-electron chi connectivity index (χ2n) is 7.88. The molecule has 2 amide bonds. The van der Waals surface area contributed by atoms with Crippen LogP contribution in [0.2, 0.25) is 0 Å². The van der Waals surface area contributed by atoms with Crippen molar-refractivity contribution in [1.82, 2.24) is 9.88 Å². The standard InChI is InChI=1S/C23H29N3O3.ClH/c1-3-29-20-10-7-18(8-11-20)16-26-22(27)25(17-23(26)13-5-4-6-14-23)19-9-12-21(28-2)24-15-19;/h7-12,15H,3-6,13-14,16-17H2,1-2H3;1H. The molecule has 2 fully saturated rings. The van der Waals surface area contributed by atoms with E-state index in [9.17, 15) is 4.79 Å². The zero-order chi connectivity index (χ0) is 20.3. The summed E-state index contributed by atoms with van der Waals surface area (Å²) < 4.78 is 10.7. The average molecular weight is 432 g/mol. The highest BCUT2D eigenvalue weighted by Gasteiger charge is 2.50. The minimum atomic E-state index is -0.103. The summed E-state index contributed by atoms with van der Waals surface area (Å²) >= 11 is 0. The number of anilines is 1. The first kappa shape index (κ1) is 22.2. The van der Waals surface area contributed by atoms with Gasteiger partial charge < -0.3 is 14.4 Å². The molecule has 2 aliphatic rings. The van der Waals surface area contributed by atoms with E-state index in [0.29, 0.717) is 19.0 Å². The number of hydrogen-bond acceptors (Lipinski definition) is 4. The van der Waals surface area contributed by atoms with Gasteiger partial charge in [0.2, 0.25) is 5.88 Å². The maximum Gasteiger partial charge on any atom is 0.325 e. The Morgan fingerprint density at radius 3 is 2.40 bits per heavy atom. The molecule has 1 aliphatic heterocycles. The van der Waals surface area contributed by atoms with Gasteiger partial charge in [-0.15, -0.1) is 12.4 Å². The lowest BCUT2D eigenvalue weighted by atomic mass is 9.81. The third-order valence-corrected chi connectivity index (χ3v) is 6.09. The first-order valence-electron chi connectivity index (χ1n) is 10.5. The molecule has 1 spiro atoms. The van der Waals surface area contributed by atoms with Crippen LogP contribution in [0.5, 0.6) is 11.6 Å². The number of hydrogen-bond donors (Lipinski definition) is 0. The summed E-state index contributed by atoms with van der Waals surface area (Å²) in [6.07, 6.45) is 7.42. The molecule has 0 radical (unpaired) electrons. The van der Waals surface area contributed by atoms with Crippen LogP contribution >= 0.6 is 12.4 Å². The van der Waals surface area contributed by atoms with Gasteiger partial charge in [0.05, 0.1) is 37.7 Å². The molecule has 2 heterocycles. The molecule has 4 rings (SSSR count). The zero-order valence-electron chi connectivity index (χ0n) is 17.7. The minimum Gasteiger partial charge on any atom is -0.494 e. The van der Waals surface area contributed by atoms with Gasteiger partial charge in [0.1, 0.15) is 5.75 Å². The van der Waals surface area contributed by atoms with Gasteiger partial charge >= 0.3 is 6.03 Å². The molecule has 30 heavy (non-hydrogen) atoms. The lowest BCUT2D eigenvalue weighted by Crippen LogP contribution is -2.48. The van der Waals surface area contributed by atoms with Crippen LogP contribution in [0.3, 0.4) is 0 Å². The van der Waals surface area contributed by atoms with Gasteiger partial charge in [-0.1, -0.05) is 31.4 Å². The first-order chi connectivity index (χ1) is 14.1. The quantitative estimate of drug-likeness (QED) is 0.641. The Bertz CT molecular complexity index is 836. The number of carbonyl (C=O) groups is 1. The van der Waals surface area contributed by atoms with Crippen LogP contribution in [0.15, 0.2) is 42.6 Å². The maximum absolute atomic E-state index is 13.5. The Balaban J connectivity index is 0.00000256. The number of aromatic nitrogens is 1. The van der Waals surface area contributed by atoms with E-state index >= 15 is 0 Å². The van der Waals surface area contributed by atoms with E-state index in [-0.39, 0.29) is 24.0 Å². The second kappa shape index (κ2) is 9.56. The van der Waals surface area contributed by atoms with Gasteiger partial charge in [0.15, 0.2) is 0 Å². The summed E-state index contributed by atoms with van der Waals surface area (Å²) in [6, 6.07) is 11.9. The topological polar surface area (TPSA) is 54.9 Å². The number of ether oxygens (including phenoxy) is 2. The van der Waals surface area contributed by atoms with Crippen LogP contribution in [-0.2, 0) is 6.54 Å². The molecule has 0 atom stereocenters.